The van der Waals surface area contributed by atoms with E-state index in [9.17, 15) is 0 Å². The maximum absolute atomic E-state index is 5.48. The lowest BCUT2D eigenvalue weighted by Gasteiger charge is -2.32. The van der Waals surface area contributed by atoms with Crippen LogP contribution in [0.5, 0.6) is 0 Å². The highest BCUT2D eigenvalue weighted by Crippen LogP contribution is 1.88. The Kier molecular flexibility index (Phi) is 5.24. The van der Waals surface area contributed by atoms with Gasteiger partial charge in [0.15, 0.2) is 0 Å². The number of nitrogens with two attached hydrogens (primary N) is 3. The molecule has 0 unspecified atom stereocenters. The molecule has 0 amide bonds. The third kappa shape index (κ3) is 3.58. The van der Waals surface area contributed by atoms with Gasteiger partial charge in [-0.05, 0) is 6.42 Å². The van der Waals surface area contributed by atoms with Crippen LogP contribution in [0.2, 0.25) is 0 Å². The number of hydrogen-bond acceptors (Lipinski definition) is 7. The van der Waals surface area contributed by atoms with Crippen molar-refractivity contribution >= 4 is 0 Å². The quantitative estimate of drug-likeness (QED) is 0.272. The Morgan fingerprint density at radius 2 is 1.91 bits per heavy atom. The van der Waals surface area contributed by atoms with Crippen LogP contribution >= 0.6 is 0 Å². The average Bonchev–Trinajstić information content (AvgIpc) is 2.02. The van der Waals surface area contributed by atoms with E-state index in [1.54, 1.807) is 12.1 Å². The molecule has 0 fully saturated rings. The van der Waals surface area contributed by atoms with Crippen LogP contribution < -0.4 is 23.1 Å². The molecule has 0 aromatic rings. The Labute approximate surface area is 66.5 Å². The van der Waals surface area contributed by atoms with Crippen molar-refractivity contribution in [3.05, 3.63) is 0 Å². The molecule has 0 spiro atoms. The van der Waals surface area contributed by atoms with Crippen LogP contribution in [0.1, 0.15) is 13.3 Å². The van der Waals surface area contributed by atoms with Crippen molar-refractivity contribution in [3.8, 4) is 0 Å². The van der Waals surface area contributed by atoms with Crippen LogP contribution in [-0.4, -0.2) is 29.1 Å². The molecule has 0 heterocycles. The Morgan fingerprint density at radius 3 is 2.27 bits per heavy atom. The second kappa shape index (κ2) is 5.38. The van der Waals surface area contributed by atoms with Gasteiger partial charge in [-0.1, -0.05) is 17.4 Å². The molecule has 0 aliphatic rings. The zero-order valence-corrected chi connectivity index (χ0v) is 6.99. The van der Waals surface area contributed by atoms with Crippen molar-refractivity contribution in [1.29, 1.82) is 0 Å². The summed E-state index contributed by atoms with van der Waals surface area (Å²) in [6.45, 7) is 2.85. The summed E-state index contributed by atoms with van der Waals surface area (Å²) in [4.78, 5) is 0. The van der Waals surface area contributed by atoms with Crippen LogP contribution in [0.4, 0.5) is 0 Å². The van der Waals surface area contributed by atoms with E-state index in [1.165, 1.54) is 5.23 Å². The van der Waals surface area contributed by atoms with E-state index >= 15 is 0 Å². The lowest BCUT2D eigenvalue weighted by molar-refractivity contribution is -0.206. The summed E-state index contributed by atoms with van der Waals surface area (Å²) in [5.74, 6) is 15.8. The van der Waals surface area contributed by atoms with Crippen molar-refractivity contribution < 1.29 is 0 Å². The molecule has 0 aromatic heterocycles. The Balaban J connectivity index is 3.70. The molecule has 7 N–H and O–H groups in total. The van der Waals surface area contributed by atoms with Gasteiger partial charge in [0.2, 0.25) is 0 Å². The van der Waals surface area contributed by atoms with Crippen molar-refractivity contribution in [2.45, 2.75) is 13.3 Å². The predicted molar refractivity (Wildman–Crippen MR) is 42.3 cm³/mol. The normalized spacial score (nSPS) is 12.0. The molecule has 0 bridgehead atoms. The first kappa shape index (κ1) is 10.7. The molecule has 0 rings (SSSR count). The highest BCUT2D eigenvalue weighted by Gasteiger charge is 2.09. The molecule has 0 aliphatic carbocycles. The predicted octanol–water partition coefficient (Wildman–Crippen LogP) is -2.11. The Bertz CT molecular complexity index is 96.4. The highest BCUT2D eigenvalue weighted by molar-refractivity contribution is 4.37. The second-order valence-corrected chi connectivity index (χ2v) is 2.18. The molecule has 11 heavy (non-hydrogen) atoms. The van der Waals surface area contributed by atoms with Crippen molar-refractivity contribution in [3.63, 3.8) is 0 Å². The van der Waals surface area contributed by atoms with Crippen LogP contribution in [0.15, 0.2) is 0 Å². The van der Waals surface area contributed by atoms with Crippen molar-refractivity contribution in [2.24, 2.45) is 17.5 Å². The fourth-order valence-corrected chi connectivity index (χ4v) is 0.650. The summed E-state index contributed by atoms with van der Waals surface area (Å²) in [7, 11) is 1.81. The molecule has 0 aliphatic heterocycles. The minimum Gasteiger partial charge on any atom is -0.255 e. The molecule has 68 valence electrons. The van der Waals surface area contributed by atoms with Crippen LogP contribution in [0.25, 0.3) is 0 Å². The van der Waals surface area contributed by atoms with Crippen LogP contribution in [-0.2, 0) is 0 Å². The van der Waals surface area contributed by atoms with Gasteiger partial charge in [-0.3, -0.25) is 5.84 Å². The van der Waals surface area contributed by atoms with Gasteiger partial charge in [0.1, 0.15) is 0 Å². The summed E-state index contributed by atoms with van der Waals surface area (Å²) in [6, 6.07) is 0. The fourth-order valence-electron chi connectivity index (χ4n) is 0.650. The van der Waals surface area contributed by atoms with E-state index in [0.29, 0.717) is 0 Å². The molecule has 0 radical (unpaired) electrons. The summed E-state index contributed by atoms with van der Waals surface area (Å²) in [5, 5.41) is 3.89. The van der Waals surface area contributed by atoms with Gasteiger partial charge in [-0.15, -0.1) is 0 Å². The molecular weight excluding hydrogens is 146 g/mol. The largest absolute Gasteiger partial charge is 0.255 e. The number of rotatable bonds is 5. The molecule has 0 aromatic carbocycles. The third-order valence-corrected chi connectivity index (χ3v) is 1.25. The minimum atomic E-state index is 0.811. The second-order valence-electron chi connectivity index (χ2n) is 2.18. The maximum Gasteiger partial charge on any atom is 0.0155 e. The summed E-state index contributed by atoms with van der Waals surface area (Å²) in [6.07, 6.45) is 0.989. The lowest BCUT2D eigenvalue weighted by atomic mass is 10.5. The van der Waals surface area contributed by atoms with Gasteiger partial charge in [-0.2, -0.15) is 5.53 Å². The topological polar surface area (TPSA) is 99.8 Å². The van der Waals surface area contributed by atoms with Gasteiger partial charge in [0, 0.05) is 13.6 Å². The fraction of sp³-hybridized carbons (Fsp3) is 1.00. The standard InChI is InChI=1S/C4H17N7/c1-3-4-9(2)11(7)10(6)8-5/h8H,3-7H2,1-2H3. The van der Waals surface area contributed by atoms with Crippen LogP contribution in [0.3, 0.4) is 0 Å². The Hall–Kier alpha value is -0.280. The zero-order chi connectivity index (χ0) is 8.85. The Morgan fingerprint density at radius 1 is 1.36 bits per heavy atom. The first-order chi connectivity index (χ1) is 5.13. The first-order valence-corrected chi connectivity index (χ1v) is 3.40. The molecule has 0 saturated heterocycles. The van der Waals surface area contributed by atoms with Gasteiger partial charge in [-0.25, -0.2) is 16.7 Å². The molecule has 0 atom stereocenters. The van der Waals surface area contributed by atoms with Crippen molar-refractivity contribution in [2.75, 3.05) is 13.6 Å². The minimum absolute atomic E-state index is 0.811. The molecule has 0 saturated carbocycles. The number of nitrogens with one attached hydrogen (secondary N) is 1. The third-order valence-electron chi connectivity index (χ3n) is 1.25. The number of hydrogen-bond donors (Lipinski definition) is 4. The van der Waals surface area contributed by atoms with E-state index in [0.717, 1.165) is 18.2 Å². The lowest BCUT2D eigenvalue weighted by Crippen LogP contribution is -2.65. The molecule has 7 nitrogen and oxygen atoms in total. The van der Waals surface area contributed by atoms with Gasteiger partial charge < -0.3 is 0 Å². The van der Waals surface area contributed by atoms with Gasteiger partial charge in [0.05, 0.1) is 0 Å². The summed E-state index contributed by atoms with van der Waals surface area (Å²) >= 11 is 0. The average molecular weight is 163 g/mol. The smallest absolute Gasteiger partial charge is 0.0155 e. The summed E-state index contributed by atoms with van der Waals surface area (Å²) in [5.41, 5.74) is 2.17. The maximum atomic E-state index is 5.48. The van der Waals surface area contributed by atoms with Crippen molar-refractivity contribution in [1.82, 2.24) is 21.0 Å². The highest BCUT2D eigenvalue weighted by atomic mass is 16.1. The van der Waals surface area contributed by atoms with E-state index in [2.05, 4.69) is 5.53 Å². The SMILES string of the molecule is CCCN(C)N(N)N(N)NN. The van der Waals surface area contributed by atoms with E-state index in [-0.39, 0.29) is 0 Å². The molecule has 7 heteroatoms. The van der Waals surface area contributed by atoms with E-state index < -0.39 is 0 Å². The monoisotopic (exact) mass is 163 g/mol. The molecular formula is C4H17N7. The van der Waals surface area contributed by atoms with Gasteiger partial charge in [0.25, 0.3) is 0 Å². The van der Waals surface area contributed by atoms with E-state index in [4.69, 9.17) is 17.5 Å². The zero-order valence-electron chi connectivity index (χ0n) is 6.99. The first-order valence-electron chi connectivity index (χ1n) is 3.40. The number of hydrazine groups is 6. The van der Waals surface area contributed by atoms with E-state index in [1.807, 2.05) is 6.92 Å². The van der Waals surface area contributed by atoms with Crippen LogP contribution in [0, 0.1) is 0 Å². The summed E-state index contributed by atoms with van der Waals surface area (Å²) < 4.78 is 0. The number of nitrogens with zero attached hydrogens (tertiary/aromatic N) is 3. The van der Waals surface area contributed by atoms with Gasteiger partial charge >= 0.3 is 0 Å².